The van der Waals surface area contributed by atoms with Gasteiger partial charge in [-0.3, -0.25) is 4.79 Å². The Labute approximate surface area is 194 Å². The van der Waals surface area contributed by atoms with Crippen LogP contribution in [0.15, 0.2) is 29.5 Å². The molecule has 1 N–H and O–H groups in total. The second-order valence-electron chi connectivity index (χ2n) is 8.75. The predicted molar refractivity (Wildman–Crippen MR) is 110 cm³/mol. The van der Waals surface area contributed by atoms with Crippen LogP contribution in [0.4, 0.5) is 37.1 Å². The lowest BCUT2D eigenvalue weighted by Gasteiger charge is -2.23. The van der Waals surface area contributed by atoms with E-state index in [-0.39, 0.29) is 29.8 Å². The highest BCUT2D eigenvalue weighted by Gasteiger charge is 2.43. The molecule has 0 bridgehead atoms. The Morgan fingerprint density at radius 1 is 1.09 bits per heavy atom. The number of hydrogen-bond donors (Lipinski definition) is 1. The van der Waals surface area contributed by atoms with Gasteiger partial charge < -0.3 is 19.5 Å². The molecule has 2 unspecified atom stereocenters. The highest BCUT2D eigenvalue weighted by molar-refractivity contribution is 5.68. The van der Waals surface area contributed by atoms with Gasteiger partial charge in [-0.05, 0) is 18.6 Å². The number of carbonyl (C=O) groups is 1. The summed E-state index contributed by atoms with van der Waals surface area (Å²) in [7, 11) is 0. The number of likely N-dealkylation sites (tertiary alicyclic amines) is 1. The zero-order chi connectivity index (χ0) is 25.5. The fourth-order valence-electron chi connectivity index (χ4n) is 4.41. The predicted octanol–water partition coefficient (Wildman–Crippen LogP) is 3.34. The number of pyridine rings is 1. The molecule has 1 amide bonds. The summed E-state index contributed by atoms with van der Waals surface area (Å²) in [5, 5.41) is 0. The molecule has 2 aromatic heterocycles. The first-order valence-electron chi connectivity index (χ1n) is 10.7. The van der Waals surface area contributed by atoms with Crippen molar-refractivity contribution in [2.75, 3.05) is 31.1 Å². The molecule has 2 aromatic rings. The van der Waals surface area contributed by atoms with Crippen LogP contribution in [0.2, 0.25) is 0 Å². The topological polar surface area (TPSA) is 91.4 Å². The number of nitrogens with zero attached hydrogens (tertiary/aromatic N) is 4. The Morgan fingerprint density at radius 3 is 2.23 bits per heavy atom. The van der Waals surface area contributed by atoms with Crippen molar-refractivity contribution >= 4 is 12.0 Å². The van der Waals surface area contributed by atoms with Gasteiger partial charge in [0.25, 0.3) is 5.56 Å². The van der Waals surface area contributed by atoms with Gasteiger partial charge in [0.1, 0.15) is 11.7 Å². The molecule has 2 saturated heterocycles. The van der Waals surface area contributed by atoms with Crippen LogP contribution in [-0.4, -0.2) is 58.2 Å². The standard InChI is InChI=1S/C21H21F6N5O3/c1-11(2-12-3-16(21(25,26)27)17(33)28-4-12)35-19(34)32-9-13-7-31(8-14(13)10-32)18-29-5-15(6-30-18)20(22,23)24/h3-6,11,13-14H,2,7-10H2,1H3,(H,28,33)/t11-,13?,14?/m0/s1. The summed E-state index contributed by atoms with van der Waals surface area (Å²) in [5.74, 6) is 0.295. The molecule has 0 aliphatic carbocycles. The van der Waals surface area contributed by atoms with E-state index in [1.54, 1.807) is 4.90 Å². The minimum Gasteiger partial charge on any atom is -0.446 e. The average Bonchev–Trinajstić information content (AvgIpc) is 3.33. The number of alkyl halides is 6. The van der Waals surface area contributed by atoms with Crippen LogP contribution in [0.3, 0.4) is 0 Å². The third kappa shape index (κ3) is 5.51. The minimum atomic E-state index is -4.80. The van der Waals surface area contributed by atoms with Crippen LogP contribution in [0.5, 0.6) is 0 Å². The molecule has 190 valence electrons. The summed E-state index contributed by atoms with van der Waals surface area (Å²) in [5.41, 5.74) is -3.32. The first kappa shape index (κ1) is 24.8. The number of hydrogen-bond acceptors (Lipinski definition) is 6. The lowest BCUT2D eigenvalue weighted by atomic mass is 10.0. The van der Waals surface area contributed by atoms with Crippen LogP contribution in [0.1, 0.15) is 23.6 Å². The largest absolute Gasteiger partial charge is 0.446 e. The van der Waals surface area contributed by atoms with E-state index in [1.165, 1.54) is 11.8 Å². The number of halogens is 6. The molecule has 4 heterocycles. The van der Waals surface area contributed by atoms with Crippen LogP contribution in [0, 0.1) is 11.8 Å². The van der Waals surface area contributed by atoms with Crippen molar-refractivity contribution in [1.29, 1.82) is 0 Å². The number of rotatable bonds is 4. The Kier molecular flexibility index (Phi) is 6.40. The number of ether oxygens (including phenoxy) is 1. The van der Waals surface area contributed by atoms with Gasteiger partial charge >= 0.3 is 18.4 Å². The van der Waals surface area contributed by atoms with Crippen molar-refractivity contribution in [3.63, 3.8) is 0 Å². The summed E-state index contributed by atoms with van der Waals surface area (Å²) >= 11 is 0. The van der Waals surface area contributed by atoms with Gasteiger partial charge in [0.2, 0.25) is 5.95 Å². The van der Waals surface area contributed by atoms with Crippen molar-refractivity contribution < 1.29 is 35.9 Å². The van der Waals surface area contributed by atoms with E-state index in [4.69, 9.17) is 4.74 Å². The molecule has 2 fully saturated rings. The summed E-state index contributed by atoms with van der Waals surface area (Å²) in [6, 6.07) is 0.737. The number of aromatic amines is 1. The lowest BCUT2D eigenvalue weighted by Crippen LogP contribution is -2.36. The monoisotopic (exact) mass is 505 g/mol. The fourth-order valence-corrected chi connectivity index (χ4v) is 4.41. The highest BCUT2D eigenvalue weighted by atomic mass is 19.4. The fraction of sp³-hybridized carbons (Fsp3) is 0.524. The lowest BCUT2D eigenvalue weighted by molar-refractivity contribution is -0.139. The van der Waals surface area contributed by atoms with Gasteiger partial charge in [-0.25, -0.2) is 14.8 Å². The summed E-state index contributed by atoms with van der Waals surface area (Å²) in [6.45, 7) is 3.20. The number of anilines is 1. The second kappa shape index (κ2) is 9.04. The number of H-pyrrole nitrogens is 1. The minimum absolute atomic E-state index is 0.0225. The highest BCUT2D eigenvalue weighted by Crippen LogP contribution is 2.34. The maximum absolute atomic E-state index is 12.9. The Balaban J connectivity index is 1.30. The van der Waals surface area contributed by atoms with Gasteiger partial charge in [-0.2, -0.15) is 26.3 Å². The number of nitrogens with one attached hydrogen (secondary N) is 1. The van der Waals surface area contributed by atoms with Gasteiger partial charge in [0, 0.05) is 63.0 Å². The zero-order valence-corrected chi connectivity index (χ0v) is 18.4. The van der Waals surface area contributed by atoms with Gasteiger partial charge in [0.15, 0.2) is 0 Å². The van der Waals surface area contributed by atoms with E-state index in [1.807, 2.05) is 4.98 Å². The molecule has 4 rings (SSSR count). The average molecular weight is 505 g/mol. The van der Waals surface area contributed by atoms with E-state index in [0.29, 0.717) is 26.2 Å². The van der Waals surface area contributed by atoms with Crippen molar-refractivity contribution in [1.82, 2.24) is 19.9 Å². The Hall–Kier alpha value is -3.32. The van der Waals surface area contributed by atoms with Crippen molar-refractivity contribution in [2.24, 2.45) is 11.8 Å². The second-order valence-corrected chi connectivity index (χ2v) is 8.75. The van der Waals surface area contributed by atoms with Gasteiger partial charge in [-0.1, -0.05) is 0 Å². The summed E-state index contributed by atoms with van der Waals surface area (Å²) in [6.07, 6.45) is -8.06. The van der Waals surface area contributed by atoms with Crippen LogP contribution in [0.25, 0.3) is 0 Å². The molecular weight excluding hydrogens is 484 g/mol. The number of aromatic nitrogens is 3. The third-order valence-corrected chi connectivity index (χ3v) is 6.09. The zero-order valence-electron chi connectivity index (χ0n) is 18.4. The van der Waals surface area contributed by atoms with E-state index in [9.17, 15) is 35.9 Å². The number of fused-ring (bicyclic) bond motifs is 1. The molecule has 14 heteroatoms. The van der Waals surface area contributed by atoms with Gasteiger partial charge in [-0.15, -0.1) is 0 Å². The SMILES string of the molecule is C[C@@H](Cc1c[nH]c(=O)c(C(F)(F)F)c1)OC(=O)N1CC2CN(c3ncc(C(F)(F)F)cn3)CC2C1. The Morgan fingerprint density at radius 2 is 1.69 bits per heavy atom. The molecule has 0 saturated carbocycles. The normalized spacial score (nSPS) is 21.2. The van der Waals surface area contributed by atoms with Crippen molar-refractivity contribution in [3.8, 4) is 0 Å². The summed E-state index contributed by atoms with van der Waals surface area (Å²) < 4.78 is 82.2. The van der Waals surface area contributed by atoms with E-state index < -0.39 is 41.2 Å². The first-order valence-corrected chi connectivity index (χ1v) is 10.7. The maximum atomic E-state index is 12.9. The molecule has 3 atom stereocenters. The van der Waals surface area contributed by atoms with Crippen molar-refractivity contribution in [2.45, 2.75) is 31.8 Å². The molecule has 0 spiro atoms. The molecule has 2 aliphatic rings. The van der Waals surface area contributed by atoms with E-state index >= 15 is 0 Å². The number of carbonyl (C=O) groups excluding carboxylic acids is 1. The molecule has 8 nitrogen and oxygen atoms in total. The van der Waals surface area contributed by atoms with E-state index in [2.05, 4.69) is 9.97 Å². The maximum Gasteiger partial charge on any atom is 0.421 e. The smallest absolute Gasteiger partial charge is 0.421 e. The first-order chi connectivity index (χ1) is 16.3. The number of amides is 1. The molecular formula is C21H21F6N5O3. The van der Waals surface area contributed by atoms with E-state index in [0.717, 1.165) is 24.7 Å². The molecule has 2 aliphatic heterocycles. The summed E-state index contributed by atoms with van der Waals surface area (Å²) in [4.78, 5) is 36.9. The quantitative estimate of drug-likeness (QED) is 0.642. The van der Waals surface area contributed by atoms with Crippen LogP contribution in [-0.2, 0) is 23.5 Å². The van der Waals surface area contributed by atoms with Crippen LogP contribution >= 0.6 is 0 Å². The third-order valence-electron chi connectivity index (χ3n) is 6.09. The molecule has 0 radical (unpaired) electrons. The van der Waals surface area contributed by atoms with Crippen molar-refractivity contribution in [3.05, 3.63) is 51.7 Å². The van der Waals surface area contributed by atoms with Gasteiger partial charge in [0.05, 0.1) is 5.56 Å². The molecule has 35 heavy (non-hydrogen) atoms. The Bertz CT molecular complexity index is 1120. The molecule has 0 aromatic carbocycles. The van der Waals surface area contributed by atoms with Crippen LogP contribution < -0.4 is 10.5 Å².